The van der Waals surface area contributed by atoms with E-state index in [1.807, 2.05) is 6.07 Å². The van der Waals surface area contributed by atoms with Gasteiger partial charge in [-0.05, 0) is 31.0 Å². The Morgan fingerprint density at radius 3 is 2.96 bits per heavy atom. The normalized spacial score (nSPS) is 17.5. The van der Waals surface area contributed by atoms with Crippen LogP contribution in [-0.2, 0) is 6.54 Å². The molecule has 0 aliphatic carbocycles. The molecule has 0 spiro atoms. The Kier molecular flexibility index (Phi) is 4.74. The molecule has 1 aliphatic heterocycles. The fourth-order valence-electron chi connectivity index (χ4n) is 2.81. The van der Waals surface area contributed by atoms with Crippen molar-refractivity contribution in [3.8, 4) is 0 Å². The largest absolute Gasteiger partial charge is 0.475 e. The van der Waals surface area contributed by atoms with Crippen molar-refractivity contribution < 1.29 is 19.1 Å². The van der Waals surface area contributed by atoms with E-state index in [0.717, 1.165) is 18.5 Å². The number of aromatic nitrogens is 2. The Labute approximate surface area is 138 Å². The van der Waals surface area contributed by atoms with Gasteiger partial charge in [0.1, 0.15) is 12.1 Å². The Morgan fingerprint density at radius 1 is 1.38 bits per heavy atom. The number of rotatable bonds is 4. The van der Waals surface area contributed by atoms with Crippen LogP contribution in [0.1, 0.15) is 40.8 Å². The number of carbonyl (C=O) groups excluding carboxylic acids is 1. The maximum atomic E-state index is 12.3. The molecular weight excluding hydrogens is 312 g/mol. The zero-order valence-corrected chi connectivity index (χ0v) is 13.0. The Hall–Kier alpha value is -2.90. The SMILES string of the molecule is O=C(O)c1ccc(CNC(=O)N2CCC[C@H](c3ccncn3)C2)o1. The van der Waals surface area contributed by atoms with Gasteiger partial charge in [0.05, 0.1) is 6.54 Å². The molecule has 0 aromatic carbocycles. The van der Waals surface area contributed by atoms with Crippen molar-refractivity contribution in [2.75, 3.05) is 13.1 Å². The highest BCUT2D eigenvalue weighted by Crippen LogP contribution is 2.25. The van der Waals surface area contributed by atoms with Gasteiger partial charge in [-0.15, -0.1) is 0 Å². The summed E-state index contributed by atoms with van der Waals surface area (Å²) in [6.07, 6.45) is 5.12. The van der Waals surface area contributed by atoms with Gasteiger partial charge in [-0.25, -0.2) is 19.6 Å². The number of nitrogens with one attached hydrogen (secondary N) is 1. The fraction of sp³-hybridized carbons (Fsp3) is 0.375. The second-order valence-corrected chi connectivity index (χ2v) is 5.65. The third kappa shape index (κ3) is 3.70. The standard InChI is InChI=1S/C16H18N4O4/c21-15(22)14-4-3-12(24-14)8-18-16(23)20-7-1-2-11(9-20)13-5-6-17-10-19-13/h3-6,10-11H,1-2,7-9H2,(H,18,23)(H,21,22)/t11-/m0/s1. The highest BCUT2D eigenvalue weighted by atomic mass is 16.4. The van der Waals surface area contributed by atoms with Gasteiger partial charge in [0.2, 0.25) is 5.76 Å². The summed E-state index contributed by atoms with van der Waals surface area (Å²) in [5.74, 6) is -0.655. The van der Waals surface area contributed by atoms with Crippen molar-refractivity contribution in [1.82, 2.24) is 20.2 Å². The molecule has 1 saturated heterocycles. The van der Waals surface area contributed by atoms with Crippen LogP contribution in [0.5, 0.6) is 0 Å². The van der Waals surface area contributed by atoms with Crippen LogP contribution < -0.4 is 5.32 Å². The summed E-state index contributed by atoms with van der Waals surface area (Å²) in [6, 6.07) is 4.60. The van der Waals surface area contributed by atoms with Gasteiger partial charge < -0.3 is 19.7 Å². The first-order valence-corrected chi connectivity index (χ1v) is 7.74. The molecule has 1 fully saturated rings. The van der Waals surface area contributed by atoms with Gasteiger partial charge in [0, 0.05) is 30.9 Å². The van der Waals surface area contributed by atoms with Crippen molar-refractivity contribution in [3.05, 3.63) is 47.9 Å². The third-order valence-corrected chi connectivity index (χ3v) is 4.02. The minimum absolute atomic E-state index is 0.138. The molecule has 8 nitrogen and oxygen atoms in total. The summed E-state index contributed by atoms with van der Waals surface area (Å²) in [7, 11) is 0. The van der Waals surface area contributed by atoms with E-state index in [9.17, 15) is 9.59 Å². The molecule has 2 aromatic rings. The Morgan fingerprint density at radius 2 is 2.25 bits per heavy atom. The fourth-order valence-corrected chi connectivity index (χ4v) is 2.81. The minimum atomic E-state index is -1.13. The number of likely N-dealkylation sites (tertiary alicyclic amines) is 1. The molecule has 3 heterocycles. The molecule has 2 amide bonds. The first kappa shape index (κ1) is 16.0. The quantitative estimate of drug-likeness (QED) is 0.885. The molecule has 126 valence electrons. The van der Waals surface area contributed by atoms with Crippen LogP contribution in [0.25, 0.3) is 0 Å². The van der Waals surface area contributed by atoms with Crippen LogP contribution in [-0.4, -0.2) is 45.1 Å². The Bertz CT molecular complexity index is 716. The van der Waals surface area contributed by atoms with Crippen molar-refractivity contribution in [2.45, 2.75) is 25.3 Å². The zero-order chi connectivity index (χ0) is 16.9. The van der Waals surface area contributed by atoms with E-state index in [2.05, 4.69) is 15.3 Å². The molecule has 0 unspecified atom stereocenters. The van der Waals surface area contributed by atoms with Crippen LogP contribution in [0.2, 0.25) is 0 Å². The molecule has 1 aliphatic rings. The number of amides is 2. The van der Waals surface area contributed by atoms with Crippen LogP contribution in [0.15, 0.2) is 35.1 Å². The van der Waals surface area contributed by atoms with E-state index in [4.69, 9.17) is 9.52 Å². The van der Waals surface area contributed by atoms with Crippen molar-refractivity contribution in [2.24, 2.45) is 0 Å². The molecule has 1 atom stereocenters. The zero-order valence-electron chi connectivity index (χ0n) is 13.0. The average Bonchev–Trinajstić information content (AvgIpc) is 3.10. The van der Waals surface area contributed by atoms with Crippen LogP contribution in [0.4, 0.5) is 4.79 Å². The number of nitrogens with zero attached hydrogens (tertiary/aromatic N) is 3. The average molecular weight is 330 g/mol. The molecule has 2 aromatic heterocycles. The number of carboxylic acids is 1. The van der Waals surface area contributed by atoms with Gasteiger partial charge in [-0.3, -0.25) is 0 Å². The highest BCUT2D eigenvalue weighted by Gasteiger charge is 2.25. The number of hydrogen-bond acceptors (Lipinski definition) is 5. The summed E-state index contributed by atoms with van der Waals surface area (Å²) >= 11 is 0. The van der Waals surface area contributed by atoms with Crippen LogP contribution in [0, 0.1) is 0 Å². The van der Waals surface area contributed by atoms with E-state index in [-0.39, 0.29) is 24.3 Å². The number of carbonyl (C=O) groups is 2. The maximum Gasteiger partial charge on any atom is 0.371 e. The molecule has 24 heavy (non-hydrogen) atoms. The van der Waals surface area contributed by atoms with Gasteiger partial charge in [-0.1, -0.05) is 0 Å². The number of piperidine rings is 1. The first-order chi connectivity index (χ1) is 11.6. The second-order valence-electron chi connectivity index (χ2n) is 5.65. The molecule has 8 heteroatoms. The molecule has 0 bridgehead atoms. The lowest BCUT2D eigenvalue weighted by Gasteiger charge is -2.32. The first-order valence-electron chi connectivity index (χ1n) is 7.74. The van der Waals surface area contributed by atoms with E-state index in [1.54, 1.807) is 17.2 Å². The van der Waals surface area contributed by atoms with Crippen LogP contribution in [0.3, 0.4) is 0 Å². The van der Waals surface area contributed by atoms with Crippen molar-refractivity contribution in [1.29, 1.82) is 0 Å². The van der Waals surface area contributed by atoms with Crippen molar-refractivity contribution in [3.63, 3.8) is 0 Å². The third-order valence-electron chi connectivity index (χ3n) is 4.02. The Balaban J connectivity index is 1.55. The smallest absolute Gasteiger partial charge is 0.371 e. The summed E-state index contributed by atoms with van der Waals surface area (Å²) < 4.78 is 5.12. The number of urea groups is 1. The monoisotopic (exact) mass is 330 g/mol. The van der Waals surface area contributed by atoms with Crippen molar-refractivity contribution >= 4 is 12.0 Å². The summed E-state index contributed by atoms with van der Waals surface area (Å²) in [4.78, 5) is 33.0. The van der Waals surface area contributed by atoms with Gasteiger partial charge in [-0.2, -0.15) is 0 Å². The van der Waals surface area contributed by atoms with E-state index in [0.29, 0.717) is 18.8 Å². The number of hydrogen-bond donors (Lipinski definition) is 2. The molecule has 3 rings (SSSR count). The predicted octanol–water partition coefficient (Wildman–Crippen LogP) is 1.86. The minimum Gasteiger partial charge on any atom is -0.475 e. The summed E-state index contributed by atoms with van der Waals surface area (Å²) in [5, 5.41) is 11.6. The molecule has 0 saturated carbocycles. The van der Waals surface area contributed by atoms with E-state index in [1.165, 1.54) is 12.4 Å². The summed E-state index contributed by atoms with van der Waals surface area (Å²) in [6.45, 7) is 1.44. The second kappa shape index (κ2) is 7.12. The maximum absolute atomic E-state index is 12.3. The topological polar surface area (TPSA) is 109 Å². The lowest BCUT2D eigenvalue weighted by molar-refractivity contribution is 0.0660. The van der Waals surface area contributed by atoms with Crippen LogP contribution >= 0.6 is 0 Å². The van der Waals surface area contributed by atoms with Gasteiger partial charge in [0.15, 0.2) is 0 Å². The van der Waals surface area contributed by atoms with E-state index < -0.39 is 5.97 Å². The van der Waals surface area contributed by atoms with E-state index >= 15 is 0 Å². The van der Waals surface area contributed by atoms with Gasteiger partial charge >= 0.3 is 12.0 Å². The van der Waals surface area contributed by atoms with Gasteiger partial charge in [0.25, 0.3) is 0 Å². The molecular formula is C16H18N4O4. The number of aromatic carboxylic acids is 1. The molecule has 2 N–H and O–H groups in total. The number of furan rings is 1. The predicted molar refractivity (Wildman–Crippen MR) is 83.5 cm³/mol. The summed E-state index contributed by atoms with van der Waals surface area (Å²) in [5.41, 5.74) is 0.944. The highest BCUT2D eigenvalue weighted by molar-refractivity contribution is 5.84. The lowest BCUT2D eigenvalue weighted by atomic mass is 9.95. The lowest BCUT2D eigenvalue weighted by Crippen LogP contribution is -2.44. The number of carboxylic acid groups (broad SMARTS) is 1. The molecule has 0 radical (unpaired) electrons.